The van der Waals surface area contributed by atoms with Gasteiger partial charge in [-0.3, -0.25) is 4.79 Å². The van der Waals surface area contributed by atoms with Crippen LogP contribution in [0.15, 0.2) is 51.9 Å². The highest BCUT2D eigenvalue weighted by atomic mass is 79.9. The quantitative estimate of drug-likeness (QED) is 0.597. The van der Waals surface area contributed by atoms with Gasteiger partial charge in [0.25, 0.3) is 5.91 Å². The summed E-state index contributed by atoms with van der Waals surface area (Å²) in [5.41, 5.74) is 1.38. The van der Waals surface area contributed by atoms with Crippen LogP contribution in [-0.4, -0.2) is 49.4 Å². The third kappa shape index (κ3) is 4.39. The van der Waals surface area contributed by atoms with Crippen LogP contribution in [-0.2, 0) is 21.1 Å². The molecule has 2 aromatic carbocycles. The molecule has 0 aromatic heterocycles. The van der Waals surface area contributed by atoms with Crippen LogP contribution in [0, 0.1) is 0 Å². The molecule has 0 aliphatic carbocycles. The number of fused-ring (bicyclic) bond motifs is 1. The molecule has 0 spiro atoms. The first-order valence-corrected chi connectivity index (χ1v) is 13.0. The SMILES string of the molecule is COc1ccccc1CC(=O)N=C1S[C@H]2CS(=O)(=O)C[C@H]2N1c1ccc(Br)cc1Cl. The van der Waals surface area contributed by atoms with Crippen molar-refractivity contribution in [3.63, 3.8) is 0 Å². The van der Waals surface area contributed by atoms with Crippen molar-refractivity contribution in [1.82, 2.24) is 0 Å². The van der Waals surface area contributed by atoms with E-state index in [2.05, 4.69) is 20.9 Å². The Balaban J connectivity index is 1.68. The number of halogens is 2. The number of anilines is 1. The molecule has 2 aromatic rings. The molecule has 2 aliphatic rings. The number of rotatable bonds is 4. The van der Waals surface area contributed by atoms with Crippen molar-refractivity contribution in [2.24, 2.45) is 4.99 Å². The third-order valence-electron chi connectivity index (χ3n) is 4.99. The first kappa shape index (κ1) is 21.7. The Morgan fingerprint density at radius 1 is 1.30 bits per heavy atom. The number of ether oxygens (including phenoxy) is 1. The fourth-order valence-electron chi connectivity index (χ4n) is 3.68. The van der Waals surface area contributed by atoms with E-state index in [1.165, 1.54) is 11.8 Å². The maximum atomic E-state index is 12.8. The molecule has 2 aliphatic heterocycles. The number of hydrogen-bond donors (Lipinski definition) is 0. The number of para-hydroxylation sites is 1. The summed E-state index contributed by atoms with van der Waals surface area (Å²) in [6.45, 7) is 0. The maximum absolute atomic E-state index is 12.8. The van der Waals surface area contributed by atoms with Crippen molar-refractivity contribution in [2.45, 2.75) is 17.7 Å². The number of benzene rings is 2. The van der Waals surface area contributed by atoms with Crippen LogP contribution in [0.4, 0.5) is 5.69 Å². The molecule has 0 bridgehead atoms. The number of sulfone groups is 1. The lowest BCUT2D eigenvalue weighted by Gasteiger charge is -2.25. The van der Waals surface area contributed by atoms with Gasteiger partial charge in [0.2, 0.25) is 0 Å². The van der Waals surface area contributed by atoms with Gasteiger partial charge >= 0.3 is 0 Å². The maximum Gasteiger partial charge on any atom is 0.252 e. The van der Waals surface area contributed by atoms with E-state index in [1.807, 2.05) is 24.3 Å². The Morgan fingerprint density at radius 2 is 2.07 bits per heavy atom. The summed E-state index contributed by atoms with van der Waals surface area (Å²) in [6.07, 6.45) is 0.0869. The van der Waals surface area contributed by atoms with Crippen molar-refractivity contribution < 1.29 is 17.9 Å². The van der Waals surface area contributed by atoms with Gasteiger partial charge in [0.05, 0.1) is 41.8 Å². The monoisotopic (exact) mass is 528 g/mol. The van der Waals surface area contributed by atoms with Crippen LogP contribution in [0.5, 0.6) is 5.75 Å². The zero-order valence-corrected chi connectivity index (χ0v) is 19.9. The molecular formula is C20H18BrClN2O4S2. The lowest BCUT2D eigenvalue weighted by molar-refractivity contribution is -0.117. The standard InChI is InChI=1S/C20H18BrClN2O4S2/c1-28-17-5-3-2-4-12(17)8-19(25)23-20-24(15-7-6-13(21)9-14(15)22)16-10-30(26,27)11-18(16)29-20/h2-7,9,16,18H,8,10-11H2,1H3/t16-,18+/m1/s1. The van der Waals surface area contributed by atoms with Crippen LogP contribution in [0.2, 0.25) is 5.02 Å². The van der Waals surface area contributed by atoms with Crippen LogP contribution < -0.4 is 9.64 Å². The second kappa shape index (κ2) is 8.53. The van der Waals surface area contributed by atoms with Crippen molar-refractivity contribution in [1.29, 1.82) is 0 Å². The number of methoxy groups -OCH3 is 1. The average Bonchev–Trinajstić information content (AvgIpc) is 3.13. The Hall–Kier alpha value is -1.55. The fraction of sp³-hybridized carbons (Fsp3) is 0.300. The third-order valence-corrected chi connectivity index (χ3v) is 9.00. The average molecular weight is 530 g/mol. The molecule has 2 atom stereocenters. The minimum Gasteiger partial charge on any atom is -0.496 e. The van der Waals surface area contributed by atoms with Gasteiger partial charge in [-0.2, -0.15) is 4.99 Å². The summed E-state index contributed by atoms with van der Waals surface area (Å²) >= 11 is 11.2. The molecule has 6 nitrogen and oxygen atoms in total. The first-order valence-electron chi connectivity index (χ1n) is 9.12. The van der Waals surface area contributed by atoms with Gasteiger partial charge in [-0.25, -0.2) is 8.42 Å². The van der Waals surface area contributed by atoms with E-state index in [4.69, 9.17) is 16.3 Å². The summed E-state index contributed by atoms with van der Waals surface area (Å²) < 4.78 is 30.5. The minimum atomic E-state index is -3.15. The second-order valence-electron chi connectivity index (χ2n) is 7.04. The summed E-state index contributed by atoms with van der Waals surface area (Å²) in [4.78, 5) is 18.9. The molecule has 158 valence electrons. The van der Waals surface area contributed by atoms with Crippen molar-refractivity contribution in [3.05, 3.63) is 57.5 Å². The molecule has 30 heavy (non-hydrogen) atoms. The molecular weight excluding hydrogens is 512 g/mol. The second-order valence-corrected chi connectivity index (χ2v) is 11.7. The van der Waals surface area contributed by atoms with E-state index in [0.717, 1.165) is 10.0 Å². The Labute approximate surface area is 192 Å². The fourth-order valence-corrected chi connectivity index (χ4v) is 8.37. The molecule has 2 heterocycles. The zero-order valence-electron chi connectivity index (χ0n) is 15.9. The van der Waals surface area contributed by atoms with Gasteiger partial charge in [-0.05, 0) is 24.3 Å². The van der Waals surface area contributed by atoms with Crippen molar-refractivity contribution in [3.8, 4) is 5.75 Å². The van der Waals surface area contributed by atoms with E-state index in [0.29, 0.717) is 21.6 Å². The number of amides is 1. The predicted octanol–water partition coefficient (Wildman–Crippen LogP) is 3.96. The molecule has 0 radical (unpaired) electrons. The van der Waals surface area contributed by atoms with Gasteiger partial charge in [0, 0.05) is 15.3 Å². The number of nitrogens with zero attached hydrogens (tertiary/aromatic N) is 2. The molecule has 2 fully saturated rings. The highest BCUT2D eigenvalue weighted by Crippen LogP contribution is 2.43. The van der Waals surface area contributed by atoms with E-state index in [1.54, 1.807) is 30.2 Å². The zero-order chi connectivity index (χ0) is 21.5. The summed E-state index contributed by atoms with van der Waals surface area (Å²) in [5.74, 6) is 0.368. The van der Waals surface area contributed by atoms with Gasteiger partial charge in [0.15, 0.2) is 15.0 Å². The van der Waals surface area contributed by atoms with Gasteiger partial charge in [-0.15, -0.1) is 0 Å². The normalized spacial score (nSPS) is 23.6. The van der Waals surface area contributed by atoms with Gasteiger partial charge in [0.1, 0.15) is 5.75 Å². The van der Waals surface area contributed by atoms with Crippen LogP contribution >= 0.6 is 39.3 Å². The Morgan fingerprint density at radius 3 is 2.80 bits per heavy atom. The summed E-state index contributed by atoms with van der Waals surface area (Å²) in [7, 11) is -1.59. The Bertz CT molecular complexity index is 1140. The van der Waals surface area contributed by atoms with Crippen molar-refractivity contribution in [2.75, 3.05) is 23.5 Å². The highest BCUT2D eigenvalue weighted by Gasteiger charge is 2.49. The topological polar surface area (TPSA) is 76.0 Å². The van der Waals surface area contributed by atoms with Crippen LogP contribution in [0.3, 0.4) is 0 Å². The van der Waals surface area contributed by atoms with E-state index >= 15 is 0 Å². The molecule has 0 saturated carbocycles. The molecule has 1 amide bonds. The molecule has 10 heteroatoms. The predicted molar refractivity (Wildman–Crippen MR) is 125 cm³/mol. The van der Waals surface area contributed by atoms with E-state index in [-0.39, 0.29) is 35.1 Å². The summed E-state index contributed by atoms with van der Waals surface area (Å²) in [6, 6.07) is 12.4. The van der Waals surface area contributed by atoms with Gasteiger partial charge < -0.3 is 9.64 Å². The lowest BCUT2D eigenvalue weighted by atomic mass is 10.1. The molecule has 4 rings (SSSR count). The number of thioether (sulfide) groups is 1. The number of carbonyl (C=O) groups is 1. The highest BCUT2D eigenvalue weighted by molar-refractivity contribution is 9.10. The molecule has 2 saturated heterocycles. The lowest BCUT2D eigenvalue weighted by Crippen LogP contribution is -2.38. The van der Waals surface area contributed by atoms with E-state index < -0.39 is 9.84 Å². The first-order chi connectivity index (χ1) is 14.3. The largest absolute Gasteiger partial charge is 0.496 e. The number of amidine groups is 1. The number of aliphatic imine (C=N–C) groups is 1. The van der Waals surface area contributed by atoms with E-state index in [9.17, 15) is 13.2 Å². The summed E-state index contributed by atoms with van der Waals surface area (Å²) in [5, 5.41) is 0.747. The minimum absolute atomic E-state index is 0.0107. The van der Waals surface area contributed by atoms with Crippen LogP contribution in [0.1, 0.15) is 5.56 Å². The van der Waals surface area contributed by atoms with Crippen molar-refractivity contribution >= 4 is 65.9 Å². The molecule has 0 N–H and O–H groups in total. The number of carbonyl (C=O) groups excluding carboxylic acids is 1. The van der Waals surface area contributed by atoms with Gasteiger partial charge in [-0.1, -0.05) is 57.5 Å². The number of hydrogen-bond acceptors (Lipinski definition) is 5. The molecule has 0 unspecified atom stereocenters. The Kier molecular flexibility index (Phi) is 6.16. The van der Waals surface area contributed by atoms with Crippen LogP contribution in [0.25, 0.3) is 0 Å². The smallest absolute Gasteiger partial charge is 0.252 e.